The average Bonchev–Trinajstić information content (AvgIpc) is 2.92. The second-order valence-corrected chi connectivity index (χ2v) is 8.04. The molecule has 0 unspecified atom stereocenters. The molecule has 0 bridgehead atoms. The molecule has 0 N–H and O–H groups in total. The minimum Gasteiger partial charge on any atom is -0.497 e. The van der Waals surface area contributed by atoms with E-state index in [4.69, 9.17) is 19.5 Å². The quantitative estimate of drug-likeness (QED) is 0.408. The van der Waals surface area contributed by atoms with Gasteiger partial charge in [0.05, 0.1) is 30.1 Å². The summed E-state index contributed by atoms with van der Waals surface area (Å²) in [4.78, 5) is 20.7. The van der Waals surface area contributed by atoms with Crippen molar-refractivity contribution in [2.75, 3.05) is 7.11 Å². The first-order chi connectivity index (χ1) is 17.6. The molecule has 36 heavy (non-hydrogen) atoms. The molecule has 4 aromatic rings. The lowest BCUT2D eigenvalue weighted by atomic mass is 9.97. The van der Waals surface area contributed by atoms with E-state index in [-0.39, 0.29) is 18.2 Å². The molecule has 1 aliphatic rings. The van der Waals surface area contributed by atoms with Crippen LogP contribution in [0.1, 0.15) is 22.3 Å². The predicted molar refractivity (Wildman–Crippen MR) is 129 cm³/mol. The van der Waals surface area contributed by atoms with E-state index in [9.17, 15) is 10.1 Å². The van der Waals surface area contributed by atoms with Crippen LogP contribution < -0.4 is 19.9 Å². The molecule has 1 aliphatic heterocycles. The van der Waals surface area contributed by atoms with Crippen LogP contribution in [-0.2, 0) is 19.6 Å². The highest BCUT2D eigenvalue weighted by molar-refractivity contribution is 5.67. The highest BCUT2D eigenvalue weighted by Gasteiger charge is 2.20. The van der Waals surface area contributed by atoms with Crippen LogP contribution in [0, 0.1) is 22.7 Å². The van der Waals surface area contributed by atoms with E-state index in [1.807, 2.05) is 24.3 Å². The van der Waals surface area contributed by atoms with Gasteiger partial charge in [0, 0.05) is 30.4 Å². The van der Waals surface area contributed by atoms with E-state index in [0.717, 1.165) is 22.6 Å². The number of ether oxygens (including phenoxy) is 3. The van der Waals surface area contributed by atoms with Gasteiger partial charge >= 0.3 is 5.69 Å². The highest BCUT2D eigenvalue weighted by atomic mass is 16.5. The van der Waals surface area contributed by atoms with Gasteiger partial charge in [-0.3, -0.25) is 9.55 Å². The van der Waals surface area contributed by atoms with Crippen LogP contribution in [0.4, 0.5) is 0 Å². The summed E-state index contributed by atoms with van der Waals surface area (Å²) in [5.74, 6) is 1.65. The lowest BCUT2D eigenvalue weighted by Gasteiger charge is -2.22. The Morgan fingerprint density at radius 2 is 1.92 bits per heavy atom. The lowest BCUT2D eigenvalue weighted by molar-refractivity contribution is 0.291. The molecule has 0 fully saturated rings. The average molecular weight is 477 g/mol. The van der Waals surface area contributed by atoms with Crippen molar-refractivity contribution in [2.45, 2.75) is 19.6 Å². The summed E-state index contributed by atoms with van der Waals surface area (Å²) in [6.07, 6.45) is 3.60. The molecule has 0 saturated carbocycles. The monoisotopic (exact) mass is 477 g/mol. The standard InChI is InChI=1S/C27H19N5O4/c1-34-21-3-4-23-19(10-21)6-7-32-24(23)11-26(31-27(32)33)35-16-17-2-5-25(20(8-17)13-29)36-22-9-18(12-28)14-30-15-22/h2-5,8-11,14-15H,6-7,16H2,1H3. The zero-order valence-corrected chi connectivity index (χ0v) is 19.3. The van der Waals surface area contributed by atoms with Crippen molar-refractivity contribution in [2.24, 2.45) is 0 Å². The van der Waals surface area contributed by atoms with Gasteiger partial charge in [0.25, 0.3) is 0 Å². The van der Waals surface area contributed by atoms with Gasteiger partial charge in [-0.05, 0) is 47.9 Å². The van der Waals surface area contributed by atoms with Crippen molar-refractivity contribution in [3.05, 3.63) is 93.7 Å². The van der Waals surface area contributed by atoms with Gasteiger partial charge in [0.2, 0.25) is 5.88 Å². The Labute approximate surface area is 206 Å². The van der Waals surface area contributed by atoms with E-state index in [2.05, 4.69) is 16.0 Å². The highest BCUT2D eigenvalue weighted by Crippen LogP contribution is 2.32. The second-order valence-electron chi connectivity index (χ2n) is 8.04. The van der Waals surface area contributed by atoms with Crippen molar-refractivity contribution in [1.29, 1.82) is 10.5 Å². The number of benzene rings is 2. The van der Waals surface area contributed by atoms with E-state index in [1.54, 1.807) is 42.0 Å². The minimum absolute atomic E-state index is 0.103. The summed E-state index contributed by atoms with van der Waals surface area (Å²) < 4.78 is 18.5. The first-order valence-corrected chi connectivity index (χ1v) is 11.1. The summed E-state index contributed by atoms with van der Waals surface area (Å²) in [7, 11) is 1.62. The van der Waals surface area contributed by atoms with Gasteiger partial charge in [-0.15, -0.1) is 0 Å². The summed E-state index contributed by atoms with van der Waals surface area (Å²) in [6, 6.07) is 18.2. The topological polar surface area (TPSA) is 123 Å². The number of nitrogens with zero attached hydrogens (tertiary/aromatic N) is 5. The maximum Gasteiger partial charge on any atom is 0.351 e. The zero-order chi connectivity index (χ0) is 25.1. The minimum atomic E-state index is -0.376. The van der Waals surface area contributed by atoms with Crippen LogP contribution in [-0.4, -0.2) is 21.6 Å². The van der Waals surface area contributed by atoms with Crippen molar-refractivity contribution in [1.82, 2.24) is 14.5 Å². The molecule has 9 nitrogen and oxygen atoms in total. The summed E-state index contributed by atoms with van der Waals surface area (Å²) in [6.45, 7) is 0.632. The molecule has 0 aliphatic carbocycles. The van der Waals surface area contributed by atoms with Crippen LogP contribution in [0.15, 0.2) is 65.7 Å². The molecule has 2 aromatic heterocycles. The molecule has 0 saturated heterocycles. The normalized spacial score (nSPS) is 11.4. The number of aromatic nitrogens is 3. The van der Waals surface area contributed by atoms with Gasteiger partial charge in [0.1, 0.15) is 36.0 Å². The van der Waals surface area contributed by atoms with Crippen LogP contribution in [0.25, 0.3) is 11.3 Å². The number of hydrogen-bond donors (Lipinski definition) is 0. The predicted octanol–water partition coefficient (Wildman–Crippen LogP) is 3.98. The van der Waals surface area contributed by atoms with Gasteiger partial charge in [-0.2, -0.15) is 15.5 Å². The number of rotatable bonds is 6. The summed E-state index contributed by atoms with van der Waals surface area (Å²) in [5, 5.41) is 18.6. The number of fused-ring (bicyclic) bond motifs is 3. The molecule has 5 rings (SSSR count). The summed E-state index contributed by atoms with van der Waals surface area (Å²) >= 11 is 0. The fourth-order valence-electron chi connectivity index (χ4n) is 4.05. The van der Waals surface area contributed by atoms with Crippen LogP contribution >= 0.6 is 0 Å². The molecular formula is C27H19N5O4. The summed E-state index contributed by atoms with van der Waals surface area (Å²) in [5.41, 5.74) is 3.74. The fraction of sp³-hybridized carbons (Fsp3) is 0.148. The Hall–Kier alpha value is -5.15. The molecule has 9 heteroatoms. The number of pyridine rings is 1. The van der Waals surface area contributed by atoms with E-state index >= 15 is 0 Å². The third-order valence-corrected chi connectivity index (χ3v) is 5.80. The van der Waals surface area contributed by atoms with Crippen LogP contribution in [0.3, 0.4) is 0 Å². The third-order valence-electron chi connectivity index (χ3n) is 5.80. The molecule has 0 amide bonds. The van der Waals surface area contributed by atoms with Crippen LogP contribution in [0.2, 0.25) is 0 Å². The molecule has 2 aromatic carbocycles. The Bertz CT molecular complexity index is 1610. The van der Waals surface area contributed by atoms with E-state index < -0.39 is 0 Å². The first kappa shape index (κ1) is 22.6. The smallest absolute Gasteiger partial charge is 0.351 e. The Morgan fingerprint density at radius 3 is 2.72 bits per heavy atom. The molecule has 0 atom stereocenters. The molecule has 3 heterocycles. The molecule has 0 spiro atoms. The third kappa shape index (κ3) is 4.46. The van der Waals surface area contributed by atoms with E-state index in [1.165, 1.54) is 12.4 Å². The number of nitriles is 2. The fourth-order valence-corrected chi connectivity index (χ4v) is 4.05. The SMILES string of the molecule is COc1ccc2c(c1)CCn1c-2cc(OCc2ccc(Oc3cncc(C#N)c3)c(C#N)c2)nc1=O. The Balaban J connectivity index is 1.36. The Kier molecular flexibility index (Phi) is 6.04. The largest absolute Gasteiger partial charge is 0.497 e. The van der Waals surface area contributed by atoms with E-state index in [0.29, 0.717) is 41.2 Å². The maximum absolute atomic E-state index is 12.7. The van der Waals surface area contributed by atoms with Gasteiger partial charge < -0.3 is 14.2 Å². The van der Waals surface area contributed by atoms with Gasteiger partial charge in [-0.25, -0.2) is 4.79 Å². The van der Waals surface area contributed by atoms with Crippen molar-refractivity contribution in [3.8, 4) is 46.5 Å². The zero-order valence-electron chi connectivity index (χ0n) is 19.3. The van der Waals surface area contributed by atoms with Gasteiger partial charge in [0.15, 0.2) is 0 Å². The lowest BCUT2D eigenvalue weighted by Crippen LogP contribution is -2.28. The molecule has 0 radical (unpaired) electrons. The number of aryl methyl sites for hydroxylation is 1. The number of methoxy groups -OCH3 is 1. The maximum atomic E-state index is 12.7. The first-order valence-electron chi connectivity index (χ1n) is 11.1. The number of hydrogen-bond acceptors (Lipinski definition) is 8. The van der Waals surface area contributed by atoms with Crippen molar-refractivity contribution < 1.29 is 14.2 Å². The van der Waals surface area contributed by atoms with Crippen molar-refractivity contribution >= 4 is 0 Å². The molecular weight excluding hydrogens is 458 g/mol. The van der Waals surface area contributed by atoms with Crippen LogP contribution in [0.5, 0.6) is 23.1 Å². The van der Waals surface area contributed by atoms with Gasteiger partial charge in [-0.1, -0.05) is 6.07 Å². The second kappa shape index (κ2) is 9.61. The van der Waals surface area contributed by atoms with Crippen molar-refractivity contribution in [3.63, 3.8) is 0 Å². The molecule has 176 valence electrons. The Morgan fingerprint density at radius 1 is 1.03 bits per heavy atom.